The quantitative estimate of drug-likeness (QED) is 0.854. The van der Waals surface area contributed by atoms with Gasteiger partial charge < -0.3 is 5.32 Å². The van der Waals surface area contributed by atoms with Crippen LogP contribution in [-0.2, 0) is 4.79 Å². The molecule has 5 nitrogen and oxygen atoms in total. The molecule has 0 radical (unpaired) electrons. The number of rotatable bonds is 4. The molecule has 4 aliphatic carbocycles. The minimum Gasteiger partial charge on any atom is -0.350 e. The van der Waals surface area contributed by atoms with Crippen molar-refractivity contribution in [2.24, 2.45) is 17.8 Å². The van der Waals surface area contributed by atoms with Gasteiger partial charge in [0.15, 0.2) is 10.8 Å². The number of pyridine rings is 1. The van der Waals surface area contributed by atoms with Gasteiger partial charge in [0, 0.05) is 11.7 Å². The number of fused-ring (bicyclic) bond motifs is 1. The summed E-state index contributed by atoms with van der Waals surface area (Å²) in [4.78, 5) is 12.9. The van der Waals surface area contributed by atoms with Gasteiger partial charge in [-0.2, -0.15) is 0 Å². The van der Waals surface area contributed by atoms with E-state index in [1.165, 1.54) is 50.3 Å². The molecule has 4 fully saturated rings. The Hall–Kier alpha value is -1.56. The molecule has 1 N–H and O–H groups in total. The van der Waals surface area contributed by atoms with Crippen molar-refractivity contribution in [3.05, 3.63) is 24.4 Å². The average molecular weight is 356 g/mol. The van der Waals surface area contributed by atoms with Crippen LogP contribution in [-0.4, -0.2) is 31.3 Å². The third kappa shape index (κ3) is 2.75. The molecule has 0 aliphatic heterocycles. The number of thioether (sulfide) groups is 1. The molecule has 2 heterocycles. The van der Waals surface area contributed by atoms with E-state index in [1.54, 1.807) is 0 Å². The van der Waals surface area contributed by atoms with Crippen LogP contribution in [0.1, 0.15) is 45.4 Å². The molecule has 0 spiro atoms. The van der Waals surface area contributed by atoms with Crippen molar-refractivity contribution in [3.8, 4) is 0 Å². The summed E-state index contributed by atoms with van der Waals surface area (Å²) in [5.74, 6) is 2.68. The third-order valence-corrected chi connectivity index (χ3v) is 7.42. The molecule has 1 unspecified atom stereocenters. The predicted molar refractivity (Wildman–Crippen MR) is 97.4 cm³/mol. The molecule has 6 heteroatoms. The van der Waals surface area contributed by atoms with Gasteiger partial charge in [-0.15, -0.1) is 10.2 Å². The van der Waals surface area contributed by atoms with Crippen LogP contribution in [0.25, 0.3) is 5.65 Å². The van der Waals surface area contributed by atoms with Crippen molar-refractivity contribution in [1.29, 1.82) is 0 Å². The summed E-state index contributed by atoms with van der Waals surface area (Å²) in [6, 6.07) is 5.83. The molecule has 4 bridgehead atoms. The SMILES string of the molecule is CC(Sc1nnc2ccccn12)C(=O)NC12CC3CC(CC(C3)C1)C2. The highest BCUT2D eigenvalue weighted by Gasteiger charge is 2.51. The molecule has 4 saturated carbocycles. The first-order valence-electron chi connectivity index (χ1n) is 9.39. The fourth-order valence-electron chi connectivity index (χ4n) is 5.74. The van der Waals surface area contributed by atoms with E-state index in [4.69, 9.17) is 0 Å². The van der Waals surface area contributed by atoms with Crippen LogP contribution in [0.2, 0.25) is 0 Å². The van der Waals surface area contributed by atoms with E-state index in [9.17, 15) is 4.79 Å². The average Bonchev–Trinajstić information content (AvgIpc) is 2.96. The van der Waals surface area contributed by atoms with Crippen molar-refractivity contribution in [1.82, 2.24) is 19.9 Å². The lowest BCUT2D eigenvalue weighted by Crippen LogP contribution is -2.60. The maximum Gasteiger partial charge on any atom is 0.233 e. The third-order valence-electron chi connectivity index (χ3n) is 6.36. The van der Waals surface area contributed by atoms with Crippen LogP contribution in [0.5, 0.6) is 0 Å². The number of amides is 1. The van der Waals surface area contributed by atoms with Gasteiger partial charge in [-0.3, -0.25) is 9.20 Å². The molecule has 1 atom stereocenters. The Morgan fingerprint density at radius 2 is 1.88 bits per heavy atom. The van der Waals surface area contributed by atoms with E-state index in [0.717, 1.165) is 28.6 Å². The second-order valence-corrected chi connectivity index (χ2v) is 9.67. The molecule has 25 heavy (non-hydrogen) atoms. The predicted octanol–water partition coefficient (Wildman–Crippen LogP) is 3.29. The van der Waals surface area contributed by atoms with E-state index >= 15 is 0 Å². The zero-order chi connectivity index (χ0) is 17.0. The lowest BCUT2D eigenvalue weighted by atomic mass is 9.53. The summed E-state index contributed by atoms with van der Waals surface area (Å²) in [7, 11) is 0. The lowest BCUT2D eigenvalue weighted by molar-refractivity contribution is -0.126. The molecular formula is C19H24N4OS. The van der Waals surface area contributed by atoms with Crippen LogP contribution in [0.3, 0.4) is 0 Å². The summed E-state index contributed by atoms with van der Waals surface area (Å²) >= 11 is 1.49. The molecular weight excluding hydrogens is 332 g/mol. The Bertz CT molecular complexity index is 781. The molecule has 2 aromatic rings. The molecule has 1 amide bonds. The highest BCUT2D eigenvalue weighted by Crippen LogP contribution is 2.55. The Morgan fingerprint density at radius 3 is 2.56 bits per heavy atom. The standard InChI is InChI=1S/C19H24N4OS/c1-12(25-18-22-21-16-4-2-3-5-23(16)18)17(24)20-19-9-13-6-14(10-19)8-15(7-13)11-19/h2-5,12-15H,6-11H2,1H3,(H,20,24). The summed E-state index contributed by atoms with van der Waals surface area (Å²) in [6.07, 6.45) is 9.70. The minimum atomic E-state index is -0.166. The van der Waals surface area contributed by atoms with Crippen molar-refractivity contribution in [2.75, 3.05) is 0 Å². The smallest absolute Gasteiger partial charge is 0.233 e. The molecule has 2 aromatic heterocycles. The van der Waals surface area contributed by atoms with Crippen LogP contribution >= 0.6 is 11.8 Å². The van der Waals surface area contributed by atoms with Crippen molar-refractivity contribution >= 4 is 23.3 Å². The summed E-state index contributed by atoms with van der Waals surface area (Å²) < 4.78 is 1.94. The minimum absolute atomic E-state index is 0.0769. The summed E-state index contributed by atoms with van der Waals surface area (Å²) in [6.45, 7) is 1.98. The Morgan fingerprint density at radius 1 is 1.20 bits per heavy atom. The van der Waals surface area contributed by atoms with Gasteiger partial charge in [0.05, 0.1) is 5.25 Å². The fourth-order valence-corrected chi connectivity index (χ4v) is 6.58. The Labute approximate surface area is 152 Å². The maximum absolute atomic E-state index is 12.9. The topological polar surface area (TPSA) is 59.3 Å². The van der Waals surface area contributed by atoms with Gasteiger partial charge in [0.2, 0.25) is 5.91 Å². The van der Waals surface area contributed by atoms with Crippen LogP contribution in [0.15, 0.2) is 29.6 Å². The van der Waals surface area contributed by atoms with Gasteiger partial charge in [0.1, 0.15) is 0 Å². The van der Waals surface area contributed by atoms with E-state index in [1.807, 2.05) is 35.7 Å². The monoisotopic (exact) mass is 356 g/mol. The first-order chi connectivity index (χ1) is 12.1. The normalized spacial score (nSPS) is 34.4. The first kappa shape index (κ1) is 15.7. The van der Waals surface area contributed by atoms with Gasteiger partial charge in [-0.05, 0) is 75.3 Å². The molecule has 0 saturated heterocycles. The number of aromatic nitrogens is 3. The van der Waals surface area contributed by atoms with E-state index in [0.29, 0.717) is 0 Å². The van der Waals surface area contributed by atoms with E-state index < -0.39 is 0 Å². The van der Waals surface area contributed by atoms with Crippen LogP contribution < -0.4 is 5.32 Å². The first-order valence-corrected chi connectivity index (χ1v) is 10.3. The largest absolute Gasteiger partial charge is 0.350 e. The molecule has 6 rings (SSSR count). The van der Waals surface area contributed by atoms with Gasteiger partial charge in [-0.1, -0.05) is 17.8 Å². The lowest BCUT2D eigenvalue weighted by Gasteiger charge is -2.57. The highest BCUT2D eigenvalue weighted by atomic mass is 32.2. The van der Waals surface area contributed by atoms with E-state index in [2.05, 4.69) is 15.5 Å². The van der Waals surface area contributed by atoms with Crippen molar-refractivity contribution < 1.29 is 4.79 Å². The zero-order valence-corrected chi connectivity index (χ0v) is 15.3. The van der Waals surface area contributed by atoms with Gasteiger partial charge >= 0.3 is 0 Å². The highest BCUT2D eigenvalue weighted by molar-refractivity contribution is 8.00. The van der Waals surface area contributed by atoms with Crippen molar-refractivity contribution in [2.45, 2.75) is 61.4 Å². The zero-order valence-electron chi connectivity index (χ0n) is 14.5. The Balaban J connectivity index is 1.29. The number of hydrogen-bond donors (Lipinski definition) is 1. The second-order valence-electron chi connectivity index (χ2n) is 8.36. The van der Waals surface area contributed by atoms with E-state index in [-0.39, 0.29) is 16.7 Å². The van der Waals surface area contributed by atoms with Crippen molar-refractivity contribution in [3.63, 3.8) is 0 Å². The summed E-state index contributed by atoms with van der Waals surface area (Å²) in [5, 5.41) is 12.5. The number of carbonyl (C=O) groups is 1. The second kappa shape index (κ2) is 5.73. The Kier molecular flexibility index (Phi) is 3.59. The van der Waals surface area contributed by atoms with Crippen LogP contribution in [0, 0.1) is 17.8 Å². The number of nitrogens with one attached hydrogen (secondary N) is 1. The number of carbonyl (C=O) groups excluding carboxylic acids is 1. The maximum atomic E-state index is 12.9. The molecule has 132 valence electrons. The van der Waals surface area contributed by atoms with Gasteiger partial charge in [0.25, 0.3) is 0 Å². The summed E-state index contributed by atoms with van der Waals surface area (Å²) in [5.41, 5.74) is 0.895. The fraction of sp³-hybridized carbons (Fsp3) is 0.632. The number of hydrogen-bond acceptors (Lipinski definition) is 4. The van der Waals surface area contributed by atoms with Crippen LogP contribution in [0.4, 0.5) is 0 Å². The molecule has 4 aliphatic rings. The van der Waals surface area contributed by atoms with Gasteiger partial charge in [-0.25, -0.2) is 0 Å². The molecule has 0 aromatic carbocycles. The number of nitrogens with zero attached hydrogens (tertiary/aromatic N) is 3.